The molecule has 2 unspecified atom stereocenters. The van der Waals surface area contributed by atoms with Gasteiger partial charge in [0.2, 0.25) is 0 Å². The first-order valence-corrected chi connectivity index (χ1v) is 7.21. The summed E-state index contributed by atoms with van der Waals surface area (Å²) in [6, 6.07) is 0.547. The molecule has 0 spiro atoms. The highest BCUT2D eigenvalue weighted by molar-refractivity contribution is 5.65. The number of rotatable bonds is 4. The monoisotopic (exact) mass is 250 g/mol. The minimum absolute atomic E-state index is 0.547. The van der Waals surface area contributed by atoms with Crippen LogP contribution in [-0.4, -0.2) is 15.8 Å². The van der Waals surface area contributed by atoms with Crippen LogP contribution in [0.4, 0.5) is 11.5 Å². The number of aryl methyl sites for hydroxylation is 2. The smallest absolute Gasteiger partial charge is 0.148 e. The summed E-state index contributed by atoms with van der Waals surface area (Å²) in [5, 5.41) is 8.14. The van der Waals surface area contributed by atoms with E-state index in [0.29, 0.717) is 6.04 Å². The second-order valence-electron chi connectivity index (χ2n) is 5.60. The molecule has 0 aliphatic heterocycles. The van der Waals surface area contributed by atoms with Crippen LogP contribution in [0.25, 0.3) is 0 Å². The van der Waals surface area contributed by atoms with Crippen molar-refractivity contribution in [2.24, 2.45) is 13.0 Å². The van der Waals surface area contributed by atoms with Gasteiger partial charge in [0.25, 0.3) is 0 Å². The van der Waals surface area contributed by atoms with Gasteiger partial charge in [0.15, 0.2) is 0 Å². The number of hydrogen-bond donors (Lipinski definition) is 2. The van der Waals surface area contributed by atoms with Gasteiger partial charge >= 0.3 is 0 Å². The van der Waals surface area contributed by atoms with Gasteiger partial charge in [0.05, 0.1) is 11.4 Å². The average molecular weight is 250 g/mol. The van der Waals surface area contributed by atoms with Crippen LogP contribution in [-0.2, 0) is 13.5 Å². The average Bonchev–Trinajstić information content (AvgIpc) is 2.60. The summed E-state index contributed by atoms with van der Waals surface area (Å²) in [4.78, 5) is 0. The normalized spacial score (nSPS) is 24.2. The highest BCUT2D eigenvalue weighted by Gasteiger charge is 2.23. The van der Waals surface area contributed by atoms with Crippen molar-refractivity contribution in [3.63, 3.8) is 0 Å². The lowest BCUT2D eigenvalue weighted by Gasteiger charge is -2.30. The van der Waals surface area contributed by atoms with E-state index in [-0.39, 0.29) is 0 Å². The molecular formula is C14H26N4. The zero-order chi connectivity index (χ0) is 13.1. The van der Waals surface area contributed by atoms with E-state index in [0.717, 1.165) is 36.0 Å². The van der Waals surface area contributed by atoms with E-state index in [1.807, 2.05) is 11.7 Å². The Hall–Kier alpha value is -1.19. The van der Waals surface area contributed by atoms with Crippen LogP contribution < -0.4 is 11.1 Å². The van der Waals surface area contributed by atoms with Gasteiger partial charge in [-0.15, -0.1) is 0 Å². The Labute approximate surface area is 110 Å². The van der Waals surface area contributed by atoms with E-state index in [1.165, 1.54) is 25.7 Å². The second-order valence-corrected chi connectivity index (χ2v) is 5.60. The molecule has 3 N–H and O–H groups in total. The van der Waals surface area contributed by atoms with Gasteiger partial charge in [-0.25, -0.2) is 0 Å². The molecule has 0 aromatic carbocycles. The Morgan fingerprint density at radius 1 is 1.39 bits per heavy atom. The standard InChI is InChI=1S/C14H26N4/c1-4-7-12-13(15)14(18(3)17-12)16-11-9-6-5-8-10(11)2/h10-11,16H,4-9,15H2,1-3H3. The number of nitrogens with two attached hydrogens (primary N) is 1. The predicted octanol–water partition coefficient (Wildman–Crippen LogP) is 2.95. The van der Waals surface area contributed by atoms with E-state index in [4.69, 9.17) is 5.73 Å². The maximum atomic E-state index is 6.21. The Bertz CT molecular complexity index is 397. The van der Waals surface area contributed by atoms with Crippen molar-refractivity contribution >= 4 is 11.5 Å². The lowest BCUT2D eigenvalue weighted by molar-refractivity contribution is 0.348. The molecule has 1 aromatic heterocycles. The number of nitrogens with one attached hydrogen (secondary N) is 1. The number of aromatic nitrogens is 2. The maximum Gasteiger partial charge on any atom is 0.148 e. The number of nitrogens with zero attached hydrogens (tertiary/aromatic N) is 2. The fourth-order valence-electron chi connectivity index (χ4n) is 2.89. The van der Waals surface area contributed by atoms with Gasteiger partial charge < -0.3 is 11.1 Å². The van der Waals surface area contributed by atoms with Gasteiger partial charge in [-0.3, -0.25) is 4.68 Å². The van der Waals surface area contributed by atoms with Gasteiger partial charge in [0.1, 0.15) is 5.82 Å². The van der Waals surface area contributed by atoms with Gasteiger partial charge in [-0.1, -0.05) is 33.1 Å². The van der Waals surface area contributed by atoms with Crippen molar-refractivity contribution < 1.29 is 0 Å². The largest absolute Gasteiger partial charge is 0.394 e. The zero-order valence-electron chi connectivity index (χ0n) is 11.9. The molecular weight excluding hydrogens is 224 g/mol. The van der Waals surface area contributed by atoms with Crippen LogP contribution in [0.2, 0.25) is 0 Å². The van der Waals surface area contributed by atoms with Crippen LogP contribution in [0.1, 0.15) is 51.6 Å². The molecule has 102 valence electrons. The van der Waals surface area contributed by atoms with Gasteiger partial charge in [-0.05, 0) is 25.2 Å². The maximum absolute atomic E-state index is 6.21. The first-order chi connectivity index (χ1) is 8.63. The number of anilines is 2. The SMILES string of the molecule is CCCc1nn(C)c(NC2CCCCC2C)c1N. The first-order valence-electron chi connectivity index (χ1n) is 7.21. The van der Waals surface area contributed by atoms with Crippen LogP contribution >= 0.6 is 0 Å². The van der Waals surface area contributed by atoms with E-state index in [9.17, 15) is 0 Å². The second kappa shape index (κ2) is 5.63. The molecule has 1 heterocycles. The molecule has 4 nitrogen and oxygen atoms in total. The van der Waals surface area contributed by atoms with E-state index in [1.54, 1.807) is 0 Å². The zero-order valence-corrected chi connectivity index (χ0v) is 11.9. The van der Waals surface area contributed by atoms with Gasteiger partial charge in [0, 0.05) is 13.1 Å². The molecule has 2 atom stereocenters. The third-order valence-corrected chi connectivity index (χ3v) is 4.08. The molecule has 0 saturated heterocycles. The summed E-state index contributed by atoms with van der Waals surface area (Å²) in [6.45, 7) is 4.49. The third kappa shape index (κ3) is 2.62. The summed E-state index contributed by atoms with van der Waals surface area (Å²) < 4.78 is 1.90. The molecule has 4 heteroatoms. The molecule has 0 amide bonds. The Morgan fingerprint density at radius 3 is 2.78 bits per heavy atom. The fourth-order valence-corrected chi connectivity index (χ4v) is 2.89. The van der Waals surface area contributed by atoms with E-state index < -0.39 is 0 Å². The minimum Gasteiger partial charge on any atom is -0.394 e. The summed E-state index contributed by atoms with van der Waals surface area (Å²) >= 11 is 0. The van der Waals surface area contributed by atoms with E-state index in [2.05, 4.69) is 24.3 Å². The van der Waals surface area contributed by atoms with Gasteiger partial charge in [-0.2, -0.15) is 5.10 Å². The number of hydrogen-bond acceptors (Lipinski definition) is 3. The Morgan fingerprint density at radius 2 is 2.11 bits per heavy atom. The third-order valence-electron chi connectivity index (χ3n) is 4.08. The summed E-state index contributed by atoms with van der Waals surface area (Å²) in [7, 11) is 1.98. The quantitative estimate of drug-likeness (QED) is 0.864. The van der Waals surface area contributed by atoms with E-state index >= 15 is 0 Å². The van der Waals surface area contributed by atoms with Crippen molar-refractivity contribution in [3.8, 4) is 0 Å². The molecule has 2 rings (SSSR count). The first kappa shape index (κ1) is 13.2. The topological polar surface area (TPSA) is 55.9 Å². The summed E-state index contributed by atoms with van der Waals surface area (Å²) in [5.41, 5.74) is 8.08. The Kier molecular flexibility index (Phi) is 4.15. The lowest BCUT2D eigenvalue weighted by atomic mass is 9.86. The molecule has 1 fully saturated rings. The van der Waals surface area contributed by atoms with Crippen LogP contribution in [0.5, 0.6) is 0 Å². The van der Waals surface area contributed by atoms with Crippen molar-refractivity contribution in [3.05, 3.63) is 5.69 Å². The molecule has 1 aliphatic rings. The fraction of sp³-hybridized carbons (Fsp3) is 0.786. The van der Waals surface area contributed by atoms with Crippen LogP contribution in [0.15, 0.2) is 0 Å². The Balaban J connectivity index is 2.12. The van der Waals surface area contributed by atoms with Crippen LogP contribution in [0, 0.1) is 5.92 Å². The minimum atomic E-state index is 0.547. The molecule has 1 saturated carbocycles. The molecule has 0 radical (unpaired) electrons. The van der Waals surface area contributed by atoms with Crippen molar-refractivity contribution in [2.45, 2.75) is 58.4 Å². The molecule has 1 aliphatic carbocycles. The highest BCUT2D eigenvalue weighted by atomic mass is 15.3. The lowest BCUT2D eigenvalue weighted by Crippen LogP contribution is -2.31. The molecule has 18 heavy (non-hydrogen) atoms. The predicted molar refractivity (Wildman–Crippen MR) is 76.7 cm³/mol. The number of nitrogen functional groups attached to an aromatic ring is 1. The highest BCUT2D eigenvalue weighted by Crippen LogP contribution is 2.30. The summed E-state index contributed by atoms with van der Waals surface area (Å²) in [5.74, 6) is 1.74. The van der Waals surface area contributed by atoms with Crippen LogP contribution in [0.3, 0.4) is 0 Å². The summed E-state index contributed by atoms with van der Waals surface area (Å²) in [6.07, 6.45) is 7.29. The van der Waals surface area contributed by atoms with Crippen molar-refractivity contribution in [1.82, 2.24) is 9.78 Å². The van der Waals surface area contributed by atoms with Crippen molar-refractivity contribution in [2.75, 3.05) is 11.1 Å². The molecule has 0 bridgehead atoms. The molecule has 1 aromatic rings. The van der Waals surface area contributed by atoms with Crippen molar-refractivity contribution in [1.29, 1.82) is 0 Å².